The van der Waals surface area contributed by atoms with Crippen LogP contribution >= 0.6 is 11.3 Å². The van der Waals surface area contributed by atoms with Crippen molar-refractivity contribution in [1.29, 1.82) is 0 Å². The van der Waals surface area contributed by atoms with Gasteiger partial charge in [-0.05, 0) is 49.6 Å². The maximum absolute atomic E-state index is 13.2. The molecule has 0 aliphatic carbocycles. The maximum atomic E-state index is 13.2. The molecule has 0 saturated heterocycles. The van der Waals surface area contributed by atoms with E-state index in [9.17, 15) is 14.4 Å². The van der Waals surface area contributed by atoms with E-state index < -0.39 is 11.2 Å². The minimum absolute atomic E-state index is 0.0365. The molecule has 0 bridgehead atoms. The Hall–Kier alpha value is -3.52. The Morgan fingerprint density at radius 3 is 2.52 bits per heavy atom. The van der Waals surface area contributed by atoms with E-state index in [1.165, 1.54) is 11.3 Å². The Morgan fingerprint density at radius 2 is 1.84 bits per heavy atom. The quantitative estimate of drug-likeness (QED) is 0.467. The zero-order chi connectivity index (χ0) is 22.0. The SMILES string of the molecule is CC(C)N(C(=O)Cn1cccc2c(=O)n(Cc3cccs3)c(=O)nc1-2)c1ccccc1. The molecular weight excluding hydrogens is 412 g/mol. The highest BCUT2D eigenvalue weighted by atomic mass is 32.1. The molecule has 2 aliphatic heterocycles. The fourth-order valence-electron chi connectivity index (χ4n) is 3.58. The summed E-state index contributed by atoms with van der Waals surface area (Å²) in [6.07, 6.45) is 1.67. The molecule has 4 rings (SSSR count). The minimum Gasteiger partial charge on any atom is -0.323 e. The van der Waals surface area contributed by atoms with Gasteiger partial charge in [0.25, 0.3) is 5.56 Å². The van der Waals surface area contributed by atoms with Crippen LogP contribution in [-0.2, 0) is 17.9 Å². The highest BCUT2D eigenvalue weighted by Crippen LogP contribution is 2.19. The summed E-state index contributed by atoms with van der Waals surface area (Å²) in [7, 11) is 0. The van der Waals surface area contributed by atoms with Crippen LogP contribution in [0.1, 0.15) is 18.7 Å². The van der Waals surface area contributed by atoms with Crippen molar-refractivity contribution in [2.45, 2.75) is 33.0 Å². The van der Waals surface area contributed by atoms with Gasteiger partial charge in [-0.2, -0.15) is 4.98 Å². The van der Waals surface area contributed by atoms with Crippen molar-refractivity contribution in [2.24, 2.45) is 0 Å². The average molecular weight is 435 g/mol. The molecule has 0 atom stereocenters. The van der Waals surface area contributed by atoms with Crippen LogP contribution in [0.25, 0.3) is 11.4 Å². The predicted molar refractivity (Wildman–Crippen MR) is 122 cm³/mol. The highest BCUT2D eigenvalue weighted by Gasteiger charge is 2.22. The number of fused-ring (bicyclic) bond motifs is 1. The fourth-order valence-corrected chi connectivity index (χ4v) is 4.28. The van der Waals surface area contributed by atoms with Gasteiger partial charge in [0.05, 0.1) is 12.1 Å². The third kappa shape index (κ3) is 4.20. The van der Waals surface area contributed by atoms with Gasteiger partial charge in [-0.15, -0.1) is 11.3 Å². The minimum atomic E-state index is -0.623. The second-order valence-electron chi connectivity index (χ2n) is 7.43. The summed E-state index contributed by atoms with van der Waals surface area (Å²) in [5, 5.41) is 1.89. The number of pyridine rings is 1. The molecule has 7 nitrogen and oxygen atoms in total. The largest absolute Gasteiger partial charge is 0.352 e. The monoisotopic (exact) mass is 434 g/mol. The Labute approximate surface area is 183 Å². The van der Waals surface area contributed by atoms with Crippen LogP contribution in [0.3, 0.4) is 0 Å². The lowest BCUT2D eigenvalue weighted by molar-refractivity contribution is -0.119. The normalized spacial score (nSPS) is 11.2. The molecule has 1 aromatic carbocycles. The molecule has 0 fully saturated rings. The molecule has 2 aliphatic rings. The van der Waals surface area contributed by atoms with E-state index in [0.717, 1.165) is 15.1 Å². The number of rotatable bonds is 6. The molecular formula is C23H22N4O3S. The summed E-state index contributed by atoms with van der Waals surface area (Å²) < 4.78 is 2.69. The van der Waals surface area contributed by atoms with Gasteiger partial charge in [0.15, 0.2) is 5.82 Å². The van der Waals surface area contributed by atoms with E-state index in [1.54, 1.807) is 27.8 Å². The molecule has 158 valence electrons. The van der Waals surface area contributed by atoms with Crippen molar-refractivity contribution < 1.29 is 4.79 Å². The lowest BCUT2D eigenvalue weighted by atomic mass is 10.2. The molecule has 1 amide bonds. The van der Waals surface area contributed by atoms with E-state index in [4.69, 9.17) is 0 Å². The Bertz CT molecular complexity index is 1280. The van der Waals surface area contributed by atoms with Gasteiger partial charge in [0.2, 0.25) is 5.91 Å². The van der Waals surface area contributed by atoms with Crippen LogP contribution in [0.5, 0.6) is 0 Å². The molecule has 31 heavy (non-hydrogen) atoms. The van der Waals surface area contributed by atoms with Crippen LogP contribution in [0.15, 0.2) is 75.8 Å². The van der Waals surface area contributed by atoms with Gasteiger partial charge in [-0.3, -0.25) is 14.2 Å². The molecule has 2 aromatic rings. The Balaban J connectivity index is 1.71. The van der Waals surface area contributed by atoms with Crippen LogP contribution < -0.4 is 16.1 Å². The number of thiophene rings is 1. The smallest absolute Gasteiger partial charge is 0.323 e. The van der Waals surface area contributed by atoms with Gasteiger partial charge in [0, 0.05) is 22.8 Å². The van der Waals surface area contributed by atoms with Gasteiger partial charge in [-0.1, -0.05) is 24.3 Å². The summed E-state index contributed by atoms with van der Waals surface area (Å²) in [5.41, 5.74) is 0.0671. The molecule has 8 heteroatoms. The molecule has 0 spiro atoms. The summed E-state index contributed by atoms with van der Waals surface area (Å²) >= 11 is 1.47. The predicted octanol–water partition coefficient (Wildman–Crippen LogP) is 3.06. The number of carbonyl (C=O) groups excluding carboxylic acids is 1. The summed E-state index contributed by atoms with van der Waals surface area (Å²) in [5.74, 6) is 0.0563. The van der Waals surface area contributed by atoms with Gasteiger partial charge < -0.3 is 9.47 Å². The molecule has 0 unspecified atom stereocenters. The second-order valence-corrected chi connectivity index (χ2v) is 8.46. The maximum Gasteiger partial charge on any atom is 0.352 e. The van der Waals surface area contributed by atoms with Crippen molar-refractivity contribution in [3.05, 3.63) is 91.9 Å². The van der Waals surface area contributed by atoms with E-state index in [1.807, 2.05) is 61.7 Å². The summed E-state index contributed by atoms with van der Waals surface area (Å²) in [4.78, 5) is 45.5. The van der Waals surface area contributed by atoms with Crippen LogP contribution in [-0.4, -0.2) is 26.1 Å². The average Bonchev–Trinajstić information content (AvgIpc) is 3.26. The fraction of sp³-hybridized carbons (Fsp3) is 0.217. The highest BCUT2D eigenvalue weighted by molar-refractivity contribution is 7.09. The first-order valence-corrected chi connectivity index (χ1v) is 10.8. The van der Waals surface area contributed by atoms with Crippen LogP contribution in [0, 0.1) is 0 Å². The van der Waals surface area contributed by atoms with Gasteiger partial charge >= 0.3 is 5.69 Å². The standard InChI is InChI=1S/C23H22N4O3S/c1-16(2)27(17-8-4-3-5-9-17)20(28)15-25-12-6-11-19-21(25)24-23(30)26(22(19)29)14-18-10-7-13-31-18/h3-13,16H,14-15H2,1-2H3. The number of hydrogen-bond acceptors (Lipinski definition) is 5. The van der Waals surface area contributed by atoms with Crippen molar-refractivity contribution in [3.8, 4) is 11.4 Å². The third-order valence-corrected chi connectivity index (χ3v) is 5.83. The van der Waals surface area contributed by atoms with E-state index in [0.29, 0.717) is 5.56 Å². The number of hydrogen-bond donors (Lipinski definition) is 0. The molecule has 0 radical (unpaired) electrons. The molecule has 3 heterocycles. The van der Waals surface area contributed by atoms with Gasteiger partial charge in [-0.25, -0.2) is 4.79 Å². The Morgan fingerprint density at radius 1 is 1.06 bits per heavy atom. The molecule has 0 saturated carbocycles. The van der Waals surface area contributed by atoms with E-state index in [-0.39, 0.29) is 30.9 Å². The number of para-hydroxylation sites is 1. The van der Waals surface area contributed by atoms with E-state index in [2.05, 4.69) is 4.98 Å². The summed E-state index contributed by atoms with van der Waals surface area (Å²) in [6, 6.07) is 16.4. The van der Waals surface area contributed by atoms with Crippen molar-refractivity contribution in [2.75, 3.05) is 4.90 Å². The summed E-state index contributed by atoms with van der Waals surface area (Å²) in [6.45, 7) is 4.03. The number of nitrogens with zero attached hydrogens (tertiary/aromatic N) is 4. The zero-order valence-electron chi connectivity index (χ0n) is 17.3. The lowest BCUT2D eigenvalue weighted by Gasteiger charge is -2.28. The third-order valence-electron chi connectivity index (χ3n) is 4.97. The number of aromatic nitrogens is 3. The first-order chi connectivity index (χ1) is 15.0. The van der Waals surface area contributed by atoms with Crippen LogP contribution in [0.4, 0.5) is 5.69 Å². The first-order valence-electron chi connectivity index (χ1n) is 9.95. The number of carbonyl (C=O) groups is 1. The second kappa shape index (κ2) is 8.69. The Kier molecular flexibility index (Phi) is 5.81. The molecule has 1 aromatic heterocycles. The van der Waals surface area contributed by atoms with Crippen LogP contribution in [0.2, 0.25) is 0 Å². The number of amides is 1. The van der Waals surface area contributed by atoms with Crippen molar-refractivity contribution >= 4 is 22.9 Å². The van der Waals surface area contributed by atoms with Crippen molar-refractivity contribution in [1.82, 2.24) is 14.1 Å². The topological polar surface area (TPSA) is 77.2 Å². The number of anilines is 1. The van der Waals surface area contributed by atoms with Gasteiger partial charge in [0.1, 0.15) is 6.54 Å². The first kappa shape index (κ1) is 20.7. The lowest BCUT2D eigenvalue weighted by Crippen LogP contribution is -2.41. The van der Waals surface area contributed by atoms with E-state index >= 15 is 0 Å². The zero-order valence-corrected chi connectivity index (χ0v) is 18.1. The molecule has 0 N–H and O–H groups in total. The van der Waals surface area contributed by atoms with Crippen molar-refractivity contribution in [3.63, 3.8) is 0 Å². The number of benzene rings is 1.